The summed E-state index contributed by atoms with van der Waals surface area (Å²) in [5.74, 6) is -0.0355. The zero-order chi connectivity index (χ0) is 21.6. The van der Waals surface area contributed by atoms with Crippen LogP contribution < -0.4 is 10.1 Å². The molecule has 1 saturated heterocycles. The highest BCUT2D eigenvalue weighted by atomic mass is 35.6. The molecule has 1 unspecified atom stereocenters. The fourth-order valence-electron chi connectivity index (χ4n) is 2.34. The SMILES string of the molecule is C=CCN1C(=O)/C(=C/c2ccc(OC(NC(=O)CCC)C(Cl)(Cl)Cl)cc2)SC1=S. The van der Waals surface area contributed by atoms with E-state index in [9.17, 15) is 9.59 Å². The van der Waals surface area contributed by atoms with Gasteiger partial charge in [-0.1, -0.05) is 83.9 Å². The van der Waals surface area contributed by atoms with Crippen molar-refractivity contribution in [3.05, 3.63) is 47.4 Å². The van der Waals surface area contributed by atoms with Crippen LogP contribution in [0.2, 0.25) is 0 Å². The van der Waals surface area contributed by atoms with E-state index >= 15 is 0 Å². The molecule has 10 heteroatoms. The molecule has 0 saturated carbocycles. The maximum Gasteiger partial charge on any atom is 0.266 e. The molecule has 0 aliphatic carbocycles. The summed E-state index contributed by atoms with van der Waals surface area (Å²) in [6.45, 7) is 5.87. The summed E-state index contributed by atoms with van der Waals surface area (Å²) in [7, 11) is 0. The molecular formula is C19H19Cl3N2O3S2. The Balaban J connectivity index is 2.11. The number of benzene rings is 1. The van der Waals surface area contributed by atoms with E-state index in [-0.39, 0.29) is 11.8 Å². The van der Waals surface area contributed by atoms with Crippen LogP contribution in [-0.2, 0) is 9.59 Å². The third-order valence-electron chi connectivity index (χ3n) is 3.68. The average molecular weight is 494 g/mol. The maximum atomic E-state index is 12.4. The van der Waals surface area contributed by atoms with Crippen molar-refractivity contribution in [1.29, 1.82) is 0 Å². The lowest BCUT2D eigenvalue weighted by molar-refractivity contribution is -0.123. The number of hydrogen-bond donors (Lipinski definition) is 1. The van der Waals surface area contributed by atoms with Gasteiger partial charge in [-0.15, -0.1) is 6.58 Å². The normalized spacial score (nSPS) is 16.8. The van der Waals surface area contributed by atoms with Gasteiger partial charge < -0.3 is 10.1 Å². The first kappa shape index (κ1) is 24.0. The largest absolute Gasteiger partial charge is 0.466 e. The van der Waals surface area contributed by atoms with Crippen LogP contribution in [0.5, 0.6) is 5.75 Å². The summed E-state index contributed by atoms with van der Waals surface area (Å²) < 4.78 is 4.30. The standard InChI is InChI=1S/C19H19Cl3N2O3S2/c1-3-5-15(25)23-17(19(20,21)22)27-13-8-6-12(7-9-13)11-14-16(26)24(10-4-2)18(28)29-14/h4,6-9,11,17H,2-3,5,10H2,1H3,(H,23,25)/b14-11-. The molecule has 1 atom stereocenters. The third-order valence-corrected chi connectivity index (χ3v) is 5.66. The topological polar surface area (TPSA) is 58.6 Å². The molecule has 2 amide bonds. The van der Waals surface area contributed by atoms with E-state index < -0.39 is 10.0 Å². The van der Waals surface area contributed by atoms with Crippen LogP contribution in [-0.4, -0.2) is 37.6 Å². The Hall–Kier alpha value is -1.25. The molecule has 1 aliphatic rings. The summed E-state index contributed by atoms with van der Waals surface area (Å²) in [5.41, 5.74) is 0.775. The Bertz CT molecular complexity index is 823. The molecule has 29 heavy (non-hydrogen) atoms. The Kier molecular flexibility index (Phi) is 8.85. The molecule has 5 nitrogen and oxygen atoms in total. The van der Waals surface area contributed by atoms with E-state index in [2.05, 4.69) is 11.9 Å². The number of carbonyl (C=O) groups excluding carboxylic acids is 2. The number of hydrogen-bond acceptors (Lipinski definition) is 5. The van der Waals surface area contributed by atoms with E-state index in [1.807, 2.05) is 6.92 Å². The van der Waals surface area contributed by atoms with Gasteiger partial charge in [0.1, 0.15) is 10.1 Å². The number of nitrogens with zero attached hydrogens (tertiary/aromatic N) is 1. The van der Waals surface area contributed by atoms with Crippen LogP contribution in [0.4, 0.5) is 0 Å². The zero-order valence-electron chi connectivity index (χ0n) is 15.5. The average Bonchev–Trinajstić information content (AvgIpc) is 2.90. The van der Waals surface area contributed by atoms with Crippen molar-refractivity contribution < 1.29 is 14.3 Å². The molecule has 156 valence electrons. The summed E-state index contributed by atoms with van der Waals surface area (Å²) in [5, 5.41) is 2.56. The highest BCUT2D eigenvalue weighted by Gasteiger charge is 2.36. The van der Waals surface area contributed by atoms with E-state index in [0.29, 0.717) is 34.4 Å². The first-order chi connectivity index (χ1) is 13.7. The van der Waals surface area contributed by atoms with Crippen LogP contribution >= 0.6 is 58.8 Å². The predicted octanol–water partition coefficient (Wildman–Crippen LogP) is 5.07. The van der Waals surface area contributed by atoms with Gasteiger partial charge in [0.2, 0.25) is 15.9 Å². The number of alkyl halides is 3. The minimum Gasteiger partial charge on any atom is -0.466 e. The smallest absolute Gasteiger partial charge is 0.266 e. The lowest BCUT2D eigenvalue weighted by atomic mass is 10.2. The van der Waals surface area contributed by atoms with Gasteiger partial charge in [-0.3, -0.25) is 14.5 Å². The van der Waals surface area contributed by atoms with E-state index in [4.69, 9.17) is 51.8 Å². The van der Waals surface area contributed by atoms with E-state index in [1.54, 1.807) is 36.4 Å². The highest BCUT2D eigenvalue weighted by Crippen LogP contribution is 2.34. The molecule has 1 aromatic rings. The van der Waals surface area contributed by atoms with Gasteiger partial charge in [0.25, 0.3) is 5.91 Å². The molecule has 1 aliphatic heterocycles. The van der Waals surface area contributed by atoms with Crippen LogP contribution in [0, 0.1) is 0 Å². The van der Waals surface area contributed by atoms with E-state index in [1.165, 1.54) is 16.7 Å². The molecule has 1 N–H and O–H groups in total. The minimum absolute atomic E-state index is 0.157. The molecule has 1 heterocycles. The van der Waals surface area contributed by atoms with Crippen molar-refractivity contribution in [1.82, 2.24) is 10.2 Å². The fourth-order valence-corrected chi connectivity index (χ4v) is 3.91. The number of thioether (sulfide) groups is 1. The van der Waals surface area contributed by atoms with Crippen molar-refractivity contribution in [2.75, 3.05) is 6.54 Å². The third kappa shape index (κ3) is 6.89. The molecule has 1 fully saturated rings. The second-order valence-corrected chi connectivity index (χ2v) is 10.1. The first-order valence-electron chi connectivity index (χ1n) is 8.64. The first-order valence-corrected chi connectivity index (χ1v) is 11.0. The number of carbonyl (C=O) groups is 2. The molecule has 0 aromatic heterocycles. The Morgan fingerprint density at radius 2 is 2.03 bits per heavy atom. The van der Waals surface area contributed by atoms with Crippen LogP contribution in [0.15, 0.2) is 41.8 Å². The fraction of sp³-hybridized carbons (Fsp3) is 0.316. The molecule has 0 spiro atoms. The molecular weight excluding hydrogens is 475 g/mol. The molecule has 1 aromatic carbocycles. The lowest BCUT2D eigenvalue weighted by Gasteiger charge is -2.26. The van der Waals surface area contributed by atoms with Crippen LogP contribution in [0.3, 0.4) is 0 Å². The van der Waals surface area contributed by atoms with Crippen LogP contribution in [0.25, 0.3) is 6.08 Å². The second kappa shape index (κ2) is 10.7. The number of halogens is 3. The van der Waals surface area contributed by atoms with Gasteiger partial charge in [-0.2, -0.15) is 0 Å². The number of nitrogens with one attached hydrogen (secondary N) is 1. The summed E-state index contributed by atoms with van der Waals surface area (Å²) >= 11 is 24.2. The summed E-state index contributed by atoms with van der Waals surface area (Å²) in [6.07, 6.45) is 3.17. The Labute approximate surface area is 194 Å². The maximum absolute atomic E-state index is 12.4. The predicted molar refractivity (Wildman–Crippen MR) is 124 cm³/mol. The van der Waals surface area contributed by atoms with Crippen molar-refractivity contribution in [3.8, 4) is 5.75 Å². The van der Waals surface area contributed by atoms with Gasteiger partial charge in [0.05, 0.1) is 4.91 Å². The molecule has 0 bridgehead atoms. The summed E-state index contributed by atoms with van der Waals surface area (Å²) in [6, 6.07) is 6.81. The minimum atomic E-state index is -1.85. The van der Waals surface area contributed by atoms with Crippen molar-refractivity contribution in [2.24, 2.45) is 0 Å². The number of ether oxygens (including phenoxy) is 1. The van der Waals surface area contributed by atoms with Gasteiger partial charge in [-0.25, -0.2) is 0 Å². The van der Waals surface area contributed by atoms with Crippen molar-refractivity contribution in [2.45, 2.75) is 29.8 Å². The highest BCUT2D eigenvalue weighted by molar-refractivity contribution is 8.26. The second-order valence-electron chi connectivity index (χ2n) is 6.01. The zero-order valence-corrected chi connectivity index (χ0v) is 19.4. The number of amides is 2. The van der Waals surface area contributed by atoms with Gasteiger partial charge in [0.15, 0.2) is 0 Å². The monoisotopic (exact) mass is 492 g/mol. The van der Waals surface area contributed by atoms with Gasteiger partial charge in [-0.05, 0) is 30.2 Å². The Morgan fingerprint density at radius 1 is 1.38 bits per heavy atom. The Morgan fingerprint density at radius 3 is 2.59 bits per heavy atom. The van der Waals surface area contributed by atoms with Crippen molar-refractivity contribution >= 4 is 81.0 Å². The number of thiocarbonyl (C=S) groups is 1. The van der Waals surface area contributed by atoms with Crippen molar-refractivity contribution in [3.63, 3.8) is 0 Å². The molecule has 0 radical (unpaired) electrons. The van der Waals surface area contributed by atoms with Gasteiger partial charge in [0, 0.05) is 13.0 Å². The molecule has 2 rings (SSSR count). The lowest BCUT2D eigenvalue weighted by Crippen LogP contribution is -2.47. The summed E-state index contributed by atoms with van der Waals surface area (Å²) in [4.78, 5) is 26.2. The van der Waals surface area contributed by atoms with Gasteiger partial charge >= 0.3 is 0 Å². The van der Waals surface area contributed by atoms with Crippen LogP contribution in [0.1, 0.15) is 25.3 Å². The van der Waals surface area contributed by atoms with E-state index in [0.717, 1.165) is 5.56 Å². The quantitative estimate of drug-likeness (QED) is 0.180. The number of rotatable bonds is 8.